The Balaban J connectivity index is 1.26. The van der Waals surface area contributed by atoms with Gasteiger partial charge >= 0.3 is 6.18 Å². The maximum atomic E-state index is 15.3. The van der Waals surface area contributed by atoms with E-state index in [2.05, 4.69) is 20.3 Å². The summed E-state index contributed by atoms with van der Waals surface area (Å²) in [4.78, 5) is 23.2. The molecule has 2 saturated carbocycles. The van der Waals surface area contributed by atoms with Crippen LogP contribution in [0.3, 0.4) is 0 Å². The van der Waals surface area contributed by atoms with E-state index in [9.17, 15) is 35.2 Å². The molecule has 2 spiro atoms. The molecule has 15 heteroatoms. The van der Waals surface area contributed by atoms with Crippen LogP contribution in [0.1, 0.15) is 30.7 Å². The average Bonchev–Trinajstić information content (AvgIpc) is 3.77. The summed E-state index contributed by atoms with van der Waals surface area (Å²) in [5, 5.41) is 2.82. The van der Waals surface area contributed by atoms with E-state index in [1.165, 1.54) is 6.07 Å². The minimum atomic E-state index is -4.74. The number of nitrogens with one attached hydrogen (secondary N) is 1. The lowest BCUT2D eigenvalue weighted by Gasteiger charge is -2.29. The third-order valence-corrected chi connectivity index (χ3v) is 9.71. The lowest BCUT2D eigenvalue weighted by atomic mass is 10.1. The van der Waals surface area contributed by atoms with Gasteiger partial charge in [0.1, 0.15) is 23.3 Å². The molecule has 0 amide bonds. The summed E-state index contributed by atoms with van der Waals surface area (Å²) < 4.78 is 110. The van der Waals surface area contributed by atoms with Gasteiger partial charge in [0, 0.05) is 36.5 Å². The maximum absolute atomic E-state index is 15.3. The summed E-state index contributed by atoms with van der Waals surface area (Å²) in [6, 6.07) is 4.10. The number of carbonyl (C=O) groups excluding carboxylic acids is 1. The average molecular weight is 584 g/mol. The number of Topliss-reactive ketones (excluding diaryl/α,β-unsaturated/α-hetero) is 1. The van der Waals surface area contributed by atoms with E-state index in [0.717, 1.165) is 47.2 Å². The molecule has 3 aliphatic rings. The zero-order valence-corrected chi connectivity index (χ0v) is 21.1. The molecule has 3 atom stereocenters. The standard InChI is InChI=1S/C25H19F6N5O3S/c26-15-1-3-16(4-2-15)40(38,39)36-23(5-6-23)19(28)8-24(36)20(21(24)37)33-9-13-7-18(32-12-17(13)27)14-10-34-22(35-11-14)25(29,30)31/h1-4,7,10-12,19-20,33H,5-6,8-9H2/t19-,20?,24?/m1/s1. The lowest BCUT2D eigenvalue weighted by molar-refractivity contribution is -0.145. The number of rotatable bonds is 6. The minimum Gasteiger partial charge on any atom is -0.301 e. The van der Waals surface area contributed by atoms with Gasteiger partial charge in [-0.1, -0.05) is 0 Å². The van der Waals surface area contributed by atoms with Gasteiger partial charge in [-0.15, -0.1) is 0 Å². The first-order valence-corrected chi connectivity index (χ1v) is 13.5. The molecule has 1 saturated heterocycles. The van der Waals surface area contributed by atoms with E-state index >= 15 is 4.39 Å². The van der Waals surface area contributed by atoms with Crippen molar-refractivity contribution in [3.05, 3.63) is 71.9 Å². The Bertz CT molecular complexity index is 1610. The molecular weight excluding hydrogens is 564 g/mol. The second-order valence-electron chi connectivity index (χ2n) is 10.1. The highest BCUT2D eigenvalue weighted by Crippen LogP contribution is 2.64. The molecule has 2 aromatic heterocycles. The van der Waals surface area contributed by atoms with Crippen LogP contribution in [0.4, 0.5) is 26.3 Å². The molecule has 0 radical (unpaired) electrons. The van der Waals surface area contributed by atoms with Crippen LogP contribution in [0.2, 0.25) is 0 Å². The third-order valence-electron chi connectivity index (χ3n) is 7.67. The number of alkyl halides is 4. The van der Waals surface area contributed by atoms with Crippen molar-refractivity contribution in [2.45, 2.75) is 60.2 Å². The lowest BCUT2D eigenvalue weighted by Crippen LogP contribution is -2.49. The van der Waals surface area contributed by atoms with Crippen LogP contribution in [0, 0.1) is 11.6 Å². The monoisotopic (exact) mass is 583 g/mol. The van der Waals surface area contributed by atoms with E-state index in [-0.39, 0.29) is 47.5 Å². The number of sulfonamides is 1. The molecule has 8 nitrogen and oxygen atoms in total. The molecule has 3 heterocycles. The van der Waals surface area contributed by atoms with Crippen LogP contribution in [0.15, 0.2) is 53.8 Å². The van der Waals surface area contributed by atoms with Crippen molar-refractivity contribution in [3.8, 4) is 11.3 Å². The first kappa shape index (κ1) is 26.8. The van der Waals surface area contributed by atoms with Gasteiger partial charge in [-0.25, -0.2) is 31.6 Å². The van der Waals surface area contributed by atoms with E-state index in [0.29, 0.717) is 0 Å². The zero-order valence-electron chi connectivity index (χ0n) is 20.3. The number of halogens is 6. The number of benzene rings is 1. The summed E-state index contributed by atoms with van der Waals surface area (Å²) in [7, 11) is -4.40. The van der Waals surface area contributed by atoms with Crippen LogP contribution in [-0.2, 0) is 27.5 Å². The molecule has 2 aliphatic carbocycles. The van der Waals surface area contributed by atoms with Crippen molar-refractivity contribution >= 4 is 15.8 Å². The van der Waals surface area contributed by atoms with Crippen LogP contribution in [0.5, 0.6) is 0 Å². The Morgan fingerprint density at radius 1 is 1.02 bits per heavy atom. The van der Waals surface area contributed by atoms with Gasteiger partial charge in [0.2, 0.25) is 15.8 Å². The van der Waals surface area contributed by atoms with Gasteiger partial charge in [-0.2, -0.15) is 17.5 Å². The molecule has 3 fully saturated rings. The fourth-order valence-electron chi connectivity index (χ4n) is 5.51. The summed E-state index contributed by atoms with van der Waals surface area (Å²) >= 11 is 0. The summed E-state index contributed by atoms with van der Waals surface area (Å²) in [5.41, 5.74) is -2.99. The highest BCUT2D eigenvalue weighted by molar-refractivity contribution is 7.89. The highest BCUT2D eigenvalue weighted by Gasteiger charge is 2.83. The van der Waals surface area contributed by atoms with Crippen molar-refractivity contribution in [1.29, 1.82) is 0 Å². The van der Waals surface area contributed by atoms with Crippen LogP contribution < -0.4 is 5.32 Å². The topological polar surface area (TPSA) is 105 Å². The van der Waals surface area contributed by atoms with E-state index < -0.39 is 62.7 Å². The maximum Gasteiger partial charge on any atom is 0.451 e. The number of aromatic nitrogens is 3. The Morgan fingerprint density at radius 2 is 1.68 bits per heavy atom. The Hall–Kier alpha value is -3.43. The zero-order chi connectivity index (χ0) is 28.7. The van der Waals surface area contributed by atoms with Gasteiger partial charge in [0.05, 0.1) is 28.4 Å². The van der Waals surface area contributed by atoms with Gasteiger partial charge in [0.25, 0.3) is 0 Å². The first-order chi connectivity index (χ1) is 18.8. The molecule has 6 rings (SSSR count). The number of carbonyl (C=O) groups is 1. The van der Waals surface area contributed by atoms with Crippen molar-refractivity contribution in [3.63, 3.8) is 0 Å². The van der Waals surface area contributed by atoms with Crippen molar-refractivity contribution in [1.82, 2.24) is 24.6 Å². The summed E-state index contributed by atoms with van der Waals surface area (Å²) in [6.07, 6.45) is -3.68. The van der Waals surface area contributed by atoms with Crippen molar-refractivity contribution < 1.29 is 39.6 Å². The summed E-state index contributed by atoms with van der Waals surface area (Å²) in [5.74, 6) is -3.39. The Kier molecular flexibility index (Phi) is 5.88. The molecular formula is C25H19F6N5O3S. The molecule has 2 unspecified atom stereocenters. The van der Waals surface area contributed by atoms with Crippen molar-refractivity contribution in [2.75, 3.05) is 0 Å². The minimum absolute atomic E-state index is 0.0244. The predicted molar refractivity (Wildman–Crippen MR) is 125 cm³/mol. The van der Waals surface area contributed by atoms with Gasteiger partial charge in [0.15, 0.2) is 5.78 Å². The number of hydrogen-bond acceptors (Lipinski definition) is 7. The van der Waals surface area contributed by atoms with Crippen LogP contribution in [0.25, 0.3) is 11.3 Å². The Labute approximate surface area is 223 Å². The molecule has 1 aromatic carbocycles. The largest absolute Gasteiger partial charge is 0.451 e. The molecule has 40 heavy (non-hydrogen) atoms. The number of pyridine rings is 1. The smallest absolute Gasteiger partial charge is 0.301 e. The molecule has 3 aromatic rings. The normalized spacial score (nSPS) is 25.6. The second kappa shape index (κ2) is 8.78. The number of ketones is 1. The third kappa shape index (κ3) is 4.01. The van der Waals surface area contributed by atoms with E-state index in [4.69, 9.17) is 0 Å². The molecule has 210 valence electrons. The van der Waals surface area contributed by atoms with Crippen LogP contribution in [-0.4, -0.2) is 56.7 Å². The molecule has 1 aliphatic heterocycles. The van der Waals surface area contributed by atoms with E-state index in [1.54, 1.807) is 0 Å². The van der Waals surface area contributed by atoms with E-state index in [1.807, 2.05) is 0 Å². The van der Waals surface area contributed by atoms with Gasteiger partial charge in [-0.3, -0.25) is 9.78 Å². The quantitative estimate of drug-likeness (QED) is 0.443. The molecule has 0 bridgehead atoms. The predicted octanol–water partition coefficient (Wildman–Crippen LogP) is 3.58. The SMILES string of the molecule is O=C1C(NCc2cc(-c3cnc(C(F)(F)F)nc3)ncc2F)C12C[C@@H](F)C1(CC1)N2S(=O)(=O)c1ccc(F)cc1. The first-order valence-electron chi connectivity index (χ1n) is 12.1. The van der Waals surface area contributed by atoms with Crippen molar-refractivity contribution in [2.24, 2.45) is 0 Å². The molecule has 1 N–H and O–H groups in total. The highest BCUT2D eigenvalue weighted by atomic mass is 32.2. The van der Waals surface area contributed by atoms with Gasteiger partial charge < -0.3 is 5.32 Å². The number of hydrogen-bond donors (Lipinski definition) is 1. The fraction of sp³-hybridized carbons (Fsp3) is 0.360. The van der Waals surface area contributed by atoms with Gasteiger partial charge in [-0.05, 0) is 43.2 Å². The van der Waals surface area contributed by atoms with Crippen LogP contribution >= 0.6 is 0 Å². The summed E-state index contributed by atoms with van der Waals surface area (Å²) in [6.45, 7) is -0.296. The number of nitrogens with zero attached hydrogens (tertiary/aromatic N) is 4. The second-order valence-corrected chi connectivity index (χ2v) is 11.8. The fourth-order valence-corrected chi connectivity index (χ4v) is 7.67. The Morgan fingerprint density at radius 3 is 2.27 bits per heavy atom.